The average molecular weight is 445 g/mol. The van der Waals surface area contributed by atoms with Crippen molar-refractivity contribution in [3.05, 3.63) is 82.0 Å². The molecule has 3 aromatic rings. The molecule has 0 spiro atoms. The van der Waals surface area contributed by atoms with Crippen LogP contribution in [0, 0.1) is 12.7 Å². The minimum atomic E-state index is -1.28. The number of aliphatic hydroxyl groups is 4. The van der Waals surface area contributed by atoms with E-state index in [-0.39, 0.29) is 5.82 Å². The summed E-state index contributed by atoms with van der Waals surface area (Å²) >= 11 is 1.64. The van der Waals surface area contributed by atoms with Gasteiger partial charge in [-0.25, -0.2) is 4.39 Å². The van der Waals surface area contributed by atoms with E-state index in [4.69, 9.17) is 9.84 Å². The van der Waals surface area contributed by atoms with Crippen LogP contribution in [0.15, 0.2) is 54.6 Å². The molecule has 7 heteroatoms. The smallest absolute Gasteiger partial charge is 0.123 e. The van der Waals surface area contributed by atoms with Gasteiger partial charge < -0.3 is 25.2 Å². The van der Waals surface area contributed by atoms with Crippen LogP contribution in [0.5, 0.6) is 0 Å². The number of ether oxygens (including phenoxy) is 1. The fourth-order valence-corrected chi connectivity index (χ4v) is 4.93. The zero-order valence-electron chi connectivity index (χ0n) is 17.0. The highest BCUT2D eigenvalue weighted by molar-refractivity contribution is 7.15. The third-order valence-corrected chi connectivity index (χ3v) is 6.86. The Morgan fingerprint density at radius 2 is 1.77 bits per heavy atom. The van der Waals surface area contributed by atoms with Crippen molar-refractivity contribution in [2.45, 2.75) is 43.9 Å². The van der Waals surface area contributed by atoms with Crippen LogP contribution in [0.2, 0.25) is 0 Å². The monoisotopic (exact) mass is 444 g/mol. The van der Waals surface area contributed by atoms with Gasteiger partial charge >= 0.3 is 0 Å². The van der Waals surface area contributed by atoms with Crippen molar-refractivity contribution in [1.29, 1.82) is 0 Å². The summed E-state index contributed by atoms with van der Waals surface area (Å²) in [5.74, 6) is -0.261. The molecule has 5 nitrogen and oxygen atoms in total. The van der Waals surface area contributed by atoms with Gasteiger partial charge in [0.05, 0.1) is 6.61 Å². The standard InChI is InChI=1S/C24H25FO5S/c1-13-2-3-15(23-21(28)22(29)24(30-23)19(27)12-26)10-16(13)11-18-8-9-20(31-18)14-4-6-17(25)7-5-14/h2-10,19,21-24,26-29H,11-12H2,1H3/t19-,21-,22-,23-,24+/m1/s1. The molecule has 0 amide bonds. The van der Waals surface area contributed by atoms with Crippen LogP contribution in [0.1, 0.15) is 27.7 Å². The van der Waals surface area contributed by atoms with Crippen LogP contribution < -0.4 is 0 Å². The van der Waals surface area contributed by atoms with Crippen LogP contribution >= 0.6 is 11.3 Å². The van der Waals surface area contributed by atoms with Gasteiger partial charge in [0, 0.05) is 16.2 Å². The fourth-order valence-electron chi connectivity index (χ4n) is 3.89. The Kier molecular flexibility index (Phi) is 6.52. The predicted octanol–water partition coefficient (Wildman–Crippen LogP) is 2.97. The van der Waals surface area contributed by atoms with Gasteiger partial charge in [0.1, 0.15) is 36.3 Å². The summed E-state index contributed by atoms with van der Waals surface area (Å²) in [4.78, 5) is 2.20. The van der Waals surface area contributed by atoms with Crippen molar-refractivity contribution in [2.75, 3.05) is 6.61 Å². The number of rotatable bonds is 6. The molecule has 31 heavy (non-hydrogen) atoms. The maximum absolute atomic E-state index is 13.2. The summed E-state index contributed by atoms with van der Waals surface area (Å²) in [5, 5.41) is 39.7. The Balaban J connectivity index is 1.54. The molecular weight excluding hydrogens is 419 g/mol. The van der Waals surface area contributed by atoms with Crippen molar-refractivity contribution in [1.82, 2.24) is 0 Å². The lowest BCUT2D eigenvalue weighted by Crippen LogP contribution is -2.40. The van der Waals surface area contributed by atoms with Crippen LogP contribution in [0.3, 0.4) is 0 Å². The third-order valence-electron chi connectivity index (χ3n) is 5.72. The Labute approximate surface area is 184 Å². The highest BCUT2D eigenvalue weighted by atomic mass is 32.1. The molecule has 2 aromatic carbocycles. The summed E-state index contributed by atoms with van der Waals surface area (Å²) in [5.41, 5.74) is 3.81. The molecule has 4 N–H and O–H groups in total. The summed E-state index contributed by atoms with van der Waals surface area (Å²) < 4.78 is 18.9. The first-order chi connectivity index (χ1) is 14.9. The number of hydrogen-bond donors (Lipinski definition) is 4. The zero-order valence-corrected chi connectivity index (χ0v) is 17.8. The average Bonchev–Trinajstić information content (AvgIpc) is 3.35. The van der Waals surface area contributed by atoms with E-state index in [9.17, 15) is 19.7 Å². The molecule has 1 aliphatic rings. The SMILES string of the molecule is Cc1ccc([C@H]2O[C@@H]([C@H](O)CO)[C@H](O)[C@H]2O)cc1Cc1ccc(-c2ccc(F)cc2)s1. The number of benzene rings is 2. The van der Waals surface area contributed by atoms with E-state index in [1.807, 2.05) is 37.3 Å². The Morgan fingerprint density at radius 3 is 2.48 bits per heavy atom. The van der Waals surface area contributed by atoms with Crippen LogP contribution in [0.25, 0.3) is 10.4 Å². The number of halogens is 1. The molecule has 0 saturated carbocycles. The third kappa shape index (κ3) is 4.57. The van der Waals surface area contributed by atoms with E-state index < -0.39 is 37.1 Å². The minimum Gasteiger partial charge on any atom is -0.394 e. The molecule has 1 aromatic heterocycles. The first kappa shape index (κ1) is 22.1. The maximum atomic E-state index is 13.2. The first-order valence-corrected chi connectivity index (χ1v) is 10.9. The van der Waals surface area contributed by atoms with E-state index in [0.717, 1.165) is 26.4 Å². The molecule has 5 atom stereocenters. The maximum Gasteiger partial charge on any atom is 0.123 e. The summed E-state index contributed by atoms with van der Waals surface area (Å²) in [6, 6.07) is 16.2. The lowest BCUT2D eigenvalue weighted by Gasteiger charge is -2.19. The number of aryl methyl sites for hydroxylation is 1. The Hall–Kier alpha value is -2.13. The fraction of sp³-hybridized carbons (Fsp3) is 0.333. The highest BCUT2D eigenvalue weighted by Crippen LogP contribution is 2.36. The van der Waals surface area contributed by atoms with Crippen molar-refractivity contribution >= 4 is 11.3 Å². The lowest BCUT2D eigenvalue weighted by molar-refractivity contribution is -0.0820. The molecule has 1 fully saturated rings. The molecule has 1 aliphatic heterocycles. The topological polar surface area (TPSA) is 90.2 Å². The summed E-state index contributed by atoms with van der Waals surface area (Å²) in [6.45, 7) is 1.45. The van der Waals surface area contributed by atoms with E-state index in [1.165, 1.54) is 12.1 Å². The van der Waals surface area contributed by atoms with Crippen molar-refractivity contribution in [3.63, 3.8) is 0 Å². The van der Waals surface area contributed by atoms with Crippen LogP contribution in [-0.4, -0.2) is 51.4 Å². The molecule has 164 valence electrons. The number of hydrogen-bond acceptors (Lipinski definition) is 6. The molecule has 1 saturated heterocycles. The van der Waals surface area contributed by atoms with Gasteiger partial charge in [-0.05, 0) is 53.4 Å². The van der Waals surface area contributed by atoms with E-state index in [1.54, 1.807) is 23.5 Å². The van der Waals surface area contributed by atoms with E-state index >= 15 is 0 Å². The van der Waals surface area contributed by atoms with E-state index in [2.05, 4.69) is 0 Å². The molecular formula is C24H25FO5S. The van der Waals surface area contributed by atoms with Crippen molar-refractivity contribution in [3.8, 4) is 10.4 Å². The van der Waals surface area contributed by atoms with Gasteiger partial charge in [0.15, 0.2) is 0 Å². The van der Waals surface area contributed by atoms with Crippen molar-refractivity contribution in [2.24, 2.45) is 0 Å². The molecule has 0 bridgehead atoms. The van der Waals surface area contributed by atoms with Gasteiger partial charge in [-0.1, -0.05) is 30.3 Å². The number of aliphatic hydroxyl groups excluding tert-OH is 4. The van der Waals surface area contributed by atoms with Crippen LogP contribution in [0.4, 0.5) is 4.39 Å². The molecule has 4 rings (SSSR count). The normalized spacial score (nSPS) is 24.5. The number of thiophene rings is 1. The second-order valence-corrected chi connectivity index (χ2v) is 9.06. The van der Waals surface area contributed by atoms with E-state index in [0.29, 0.717) is 12.0 Å². The highest BCUT2D eigenvalue weighted by Gasteiger charge is 2.46. The zero-order chi connectivity index (χ0) is 22.1. The second kappa shape index (κ2) is 9.16. The Morgan fingerprint density at radius 1 is 1.03 bits per heavy atom. The predicted molar refractivity (Wildman–Crippen MR) is 116 cm³/mol. The van der Waals surface area contributed by atoms with Gasteiger partial charge in [0.25, 0.3) is 0 Å². The van der Waals surface area contributed by atoms with Gasteiger partial charge in [-0.15, -0.1) is 11.3 Å². The molecule has 0 radical (unpaired) electrons. The summed E-state index contributed by atoms with van der Waals surface area (Å²) in [7, 11) is 0. The molecule has 0 aliphatic carbocycles. The quantitative estimate of drug-likeness (QED) is 0.469. The first-order valence-electron chi connectivity index (χ1n) is 10.1. The minimum absolute atomic E-state index is 0.261. The van der Waals surface area contributed by atoms with Crippen molar-refractivity contribution < 1.29 is 29.6 Å². The molecule has 2 heterocycles. The van der Waals surface area contributed by atoms with Gasteiger partial charge in [0.2, 0.25) is 0 Å². The van der Waals surface area contributed by atoms with Crippen LogP contribution in [-0.2, 0) is 11.2 Å². The largest absolute Gasteiger partial charge is 0.394 e. The molecule has 0 unspecified atom stereocenters. The Bertz CT molecular complexity index is 1030. The second-order valence-electron chi connectivity index (χ2n) is 7.89. The lowest BCUT2D eigenvalue weighted by atomic mass is 9.95. The van der Waals surface area contributed by atoms with Gasteiger partial charge in [-0.3, -0.25) is 0 Å². The van der Waals surface area contributed by atoms with Gasteiger partial charge in [-0.2, -0.15) is 0 Å². The summed E-state index contributed by atoms with van der Waals surface area (Å²) in [6.07, 6.45) is -4.92.